The third-order valence-corrected chi connectivity index (χ3v) is 21.2. The van der Waals surface area contributed by atoms with Gasteiger partial charge >= 0.3 is 5.97 Å². The fourth-order valence-corrected chi connectivity index (χ4v) is 17.7. The minimum Gasteiger partial charge on any atom is -0.469 e. The van der Waals surface area contributed by atoms with Crippen LogP contribution in [0.3, 0.4) is 0 Å². The first-order valence-corrected chi connectivity index (χ1v) is 27.3. The number of ether oxygens (including phenoxy) is 1. The summed E-state index contributed by atoms with van der Waals surface area (Å²) in [4.78, 5) is 53.5. The maximum atomic E-state index is 15.1. The first kappa shape index (κ1) is 51.1. The minimum absolute atomic E-state index is 0.00778. The number of aliphatic hydroxyl groups excluding tert-OH is 3. The third-order valence-electron chi connectivity index (χ3n) is 21.2. The molecule has 70 heavy (non-hydrogen) atoms. The number of fused-ring (bicyclic) bond motifs is 9. The Morgan fingerprint density at radius 1 is 0.900 bits per heavy atom. The summed E-state index contributed by atoms with van der Waals surface area (Å²) >= 11 is 0. The van der Waals surface area contributed by atoms with Crippen LogP contribution in [0.25, 0.3) is 0 Å². The maximum Gasteiger partial charge on any atom is 0.305 e. The number of hydrazine groups is 1. The van der Waals surface area contributed by atoms with Crippen LogP contribution in [-0.4, -0.2) is 81.4 Å². The highest BCUT2D eigenvalue weighted by Gasteiger charge is 2.68. The summed E-state index contributed by atoms with van der Waals surface area (Å²) in [5.74, 6) is 5.83. The minimum atomic E-state index is -1.12. The number of esters is 1. The van der Waals surface area contributed by atoms with Gasteiger partial charge in [-0.25, -0.2) is 0 Å². The fourth-order valence-electron chi connectivity index (χ4n) is 17.7. The Bertz CT molecular complexity index is 2330. The molecule has 1 aromatic carbocycles. The molecular formula is C59H82N2O9. The Hall–Kier alpha value is -3.82. The standard InChI is InChI=1S/C59H82N2O9/c1-8-11-34(3)43-22-23-45-53-47(31-50(66)58(43,45)6)56(4)27-25-48(64)54(46(56)30-49(53)65)55(68)60-61(33-39(63)12-10-13-51(67)70-7)37-17-14-35(15-18-37)42-32-57(5)44(24-28-59(57,69)26-9-2)41-20-16-36-29-38(62)19-21-40(36)52(41)42/h14-15,17-18,29,34,41-50,53-54,64-66,69H,8,10-13,16,19-25,27-28,30-33H2,1-7H3,(H,60,68)/t34-,41+,42-,43-,44+,45?,46-,47?,48-,49-,50+,53?,54+,56+,57+,58-,59+/m1/s1. The second-order valence-electron chi connectivity index (χ2n) is 24.3. The molecule has 0 spiro atoms. The second-order valence-corrected chi connectivity index (χ2v) is 24.3. The van der Waals surface area contributed by atoms with Gasteiger partial charge in [0.15, 0.2) is 11.6 Å². The van der Waals surface area contributed by atoms with Crippen molar-refractivity contribution in [3.05, 3.63) is 52.6 Å². The summed E-state index contributed by atoms with van der Waals surface area (Å²) in [6.07, 6.45) is 11.7. The van der Waals surface area contributed by atoms with E-state index in [9.17, 15) is 34.8 Å². The average molecular weight is 963 g/mol. The Kier molecular flexibility index (Phi) is 14.3. The van der Waals surface area contributed by atoms with Gasteiger partial charge < -0.3 is 25.2 Å². The van der Waals surface area contributed by atoms with Crippen LogP contribution in [-0.2, 0) is 23.9 Å². The number of methoxy groups -OCH3 is 1. The molecule has 0 radical (unpaired) electrons. The number of Topliss-reactive ketones (excluding diaryl/α,β-unsaturated/α-hetero) is 1. The quantitative estimate of drug-likeness (QED) is 0.0731. The number of amides is 1. The van der Waals surface area contributed by atoms with Crippen LogP contribution in [0.4, 0.5) is 5.69 Å². The molecule has 0 aliphatic heterocycles. The van der Waals surface area contributed by atoms with Gasteiger partial charge in [-0.1, -0.05) is 71.1 Å². The second kappa shape index (κ2) is 19.6. The van der Waals surface area contributed by atoms with Gasteiger partial charge in [-0.3, -0.25) is 29.6 Å². The van der Waals surface area contributed by atoms with Crippen molar-refractivity contribution in [2.24, 2.45) is 69.5 Å². The molecule has 11 heteroatoms. The number of benzene rings is 1. The van der Waals surface area contributed by atoms with E-state index in [1.54, 1.807) is 11.9 Å². The van der Waals surface area contributed by atoms with Gasteiger partial charge in [-0.15, -0.1) is 5.92 Å². The van der Waals surface area contributed by atoms with E-state index in [-0.39, 0.29) is 77.8 Å². The number of aliphatic hydroxyl groups is 4. The molecule has 0 bridgehead atoms. The van der Waals surface area contributed by atoms with E-state index in [1.165, 1.54) is 18.3 Å². The Balaban J connectivity index is 1.01. The summed E-state index contributed by atoms with van der Waals surface area (Å²) in [6.45, 7) is 12.9. The number of carbonyl (C=O) groups is 4. The van der Waals surface area contributed by atoms with Crippen molar-refractivity contribution in [3.8, 4) is 11.8 Å². The van der Waals surface area contributed by atoms with Crippen molar-refractivity contribution >= 4 is 29.1 Å². The number of nitrogens with zero attached hydrogens (tertiary/aromatic N) is 1. The molecule has 8 aliphatic carbocycles. The maximum absolute atomic E-state index is 15.1. The lowest BCUT2D eigenvalue weighted by molar-refractivity contribution is -0.218. The molecule has 1 aromatic rings. The topological polar surface area (TPSA) is 174 Å². The van der Waals surface area contributed by atoms with E-state index in [2.05, 4.69) is 64.0 Å². The van der Waals surface area contributed by atoms with Gasteiger partial charge in [0.05, 0.1) is 43.6 Å². The van der Waals surface area contributed by atoms with Crippen molar-refractivity contribution in [3.63, 3.8) is 0 Å². The normalized spacial score (nSPS) is 41.0. The Morgan fingerprint density at radius 2 is 1.66 bits per heavy atom. The van der Waals surface area contributed by atoms with Gasteiger partial charge in [-0.2, -0.15) is 0 Å². The predicted molar refractivity (Wildman–Crippen MR) is 268 cm³/mol. The van der Waals surface area contributed by atoms with Gasteiger partial charge in [0.25, 0.3) is 0 Å². The molecule has 5 N–H and O–H groups in total. The van der Waals surface area contributed by atoms with Gasteiger partial charge in [0.1, 0.15) is 5.60 Å². The summed E-state index contributed by atoms with van der Waals surface area (Å²) in [5, 5.41) is 50.3. The molecular weight excluding hydrogens is 881 g/mol. The summed E-state index contributed by atoms with van der Waals surface area (Å²) in [5.41, 5.74) is 6.37. The third kappa shape index (κ3) is 8.44. The average Bonchev–Trinajstić information content (AvgIpc) is 3.82. The molecule has 0 saturated heterocycles. The number of nitrogens with one attached hydrogen (secondary N) is 1. The largest absolute Gasteiger partial charge is 0.469 e. The van der Waals surface area contributed by atoms with Gasteiger partial charge in [0, 0.05) is 30.6 Å². The highest BCUT2D eigenvalue weighted by molar-refractivity contribution is 5.93. The van der Waals surface area contributed by atoms with Crippen LogP contribution in [0, 0.1) is 81.3 Å². The van der Waals surface area contributed by atoms with Crippen molar-refractivity contribution in [1.82, 2.24) is 5.43 Å². The number of ketones is 2. The molecule has 3 unspecified atom stereocenters. The number of hydrogen-bond acceptors (Lipinski definition) is 10. The first-order chi connectivity index (χ1) is 33.3. The molecule has 6 fully saturated rings. The van der Waals surface area contributed by atoms with Gasteiger partial charge in [-0.05, 0) is 183 Å². The smallest absolute Gasteiger partial charge is 0.305 e. The van der Waals surface area contributed by atoms with Crippen molar-refractivity contribution < 1.29 is 44.3 Å². The molecule has 17 atom stereocenters. The van der Waals surface area contributed by atoms with Crippen LogP contribution in [0.2, 0.25) is 0 Å². The molecule has 382 valence electrons. The predicted octanol–water partition coefficient (Wildman–Crippen LogP) is 8.71. The molecule has 0 heterocycles. The zero-order valence-electron chi connectivity index (χ0n) is 43.1. The molecule has 9 rings (SSSR count). The van der Waals surface area contributed by atoms with Crippen molar-refractivity contribution in [2.45, 2.75) is 187 Å². The van der Waals surface area contributed by atoms with E-state index in [1.807, 2.05) is 18.2 Å². The molecule has 0 aromatic heterocycles. The number of rotatable bonds is 13. The first-order valence-electron chi connectivity index (χ1n) is 27.3. The molecule has 11 nitrogen and oxygen atoms in total. The highest BCUT2D eigenvalue weighted by atomic mass is 16.5. The van der Waals surface area contributed by atoms with E-state index in [0.29, 0.717) is 68.9 Å². The molecule has 6 saturated carbocycles. The van der Waals surface area contributed by atoms with E-state index >= 15 is 4.79 Å². The number of hydrogen-bond donors (Lipinski definition) is 5. The fraction of sp³-hybridized carbons (Fsp3) is 0.729. The number of carbonyl (C=O) groups excluding carboxylic acids is 4. The van der Waals surface area contributed by atoms with E-state index < -0.39 is 52.5 Å². The lowest BCUT2D eigenvalue weighted by Crippen LogP contribution is -2.65. The van der Waals surface area contributed by atoms with E-state index in [0.717, 1.165) is 62.5 Å². The zero-order valence-corrected chi connectivity index (χ0v) is 43.1. The van der Waals surface area contributed by atoms with Crippen LogP contribution < -0.4 is 10.4 Å². The lowest BCUT2D eigenvalue weighted by Gasteiger charge is -2.64. The van der Waals surface area contributed by atoms with E-state index in [4.69, 9.17) is 4.74 Å². The molecule has 8 aliphatic rings. The Morgan fingerprint density at radius 3 is 2.37 bits per heavy atom. The SMILES string of the molecule is CC#C[C@]1(O)CC[C@H]2[C@@H]3CCC4=CC(=O)CCC4=C3[C@@H](c3ccc(N(CC(=O)CCCC(=O)OC)NC(=O)[C@@H]4[C@H](O)CC[C@]5(C)C6C[C@H](O)[C@@]7(C)C(CC[C@@H]7[C@H](C)CCC)C6[C@H](O)C[C@H]45)cc3)C[C@@]21C. The van der Waals surface area contributed by atoms with Gasteiger partial charge in [0.2, 0.25) is 5.91 Å². The van der Waals surface area contributed by atoms with Crippen LogP contribution in [0.1, 0.15) is 169 Å². The zero-order chi connectivity index (χ0) is 50.1. The number of allylic oxidation sites excluding steroid dienone is 4. The van der Waals surface area contributed by atoms with Crippen molar-refractivity contribution in [1.29, 1.82) is 0 Å². The molecule has 1 amide bonds. The highest BCUT2D eigenvalue weighted by Crippen LogP contribution is 2.70. The number of anilines is 1. The summed E-state index contributed by atoms with van der Waals surface area (Å²) in [6, 6.07) is 8.03. The van der Waals surface area contributed by atoms with Crippen LogP contribution in [0.15, 0.2) is 47.1 Å². The van der Waals surface area contributed by atoms with Crippen LogP contribution >= 0.6 is 0 Å². The summed E-state index contributed by atoms with van der Waals surface area (Å²) in [7, 11) is 1.32. The van der Waals surface area contributed by atoms with Crippen molar-refractivity contribution in [2.75, 3.05) is 18.7 Å². The van der Waals surface area contributed by atoms with Crippen LogP contribution in [0.5, 0.6) is 0 Å². The summed E-state index contributed by atoms with van der Waals surface area (Å²) < 4.78 is 4.82. The Labute approximate surface area is 417 Å². The lowest BCUT2D eigenvalue weighted by atomic mass is 9.41. The monoisotopic (exact) mass is 963 g/mol.